The van der Waals surface area contributed by atoms with Crippen molar-refractivity contribution >= 4 is 21.6 Å². The Kier molecular flexibility index (Phi) is 6.97. The minimum atomic E-state index is -0.380. The molecule has 0 bridgehead atoms. The fraction of sp³-hybridized carbons (Fsp3) is 0.538. The zero-order valence-electron chi connectivity index (χ0n) is 11.0. The van der Waals surface area contributed by atoms with Crippen molar-refractivity contribution in [2.24, 2.45) is 0 Å². The van der Waals surface area contributed by atoms with Crippen LogP contribution in [0.15, 0.2) is 22.7 Å². The van der Waals surface area contributed by atoms with Crippen LogP contribution in [0, 0.1) is 10.1 Å². The van der Waals surface area contributed by atoms with Crippen molar-refractivity contribution in [3.8, 4) is 0 Å². The van der Waals surface area contributed by atoms with Gasteiger partial charge in [0.2, 0.25) is 0 Å². The summed E-state index contributed by atoms with van der Waals surface area (Å²) in [7, 11) is 1.99. The van der Waals surface area contributed by atoms with Gasteiger partial charge in [0, 0.05) is 19.2 Å². The molecule has 6 heteroatoms. The molecule has 1 aromatic rings. The minimum absolute atomic E-state index is 0.103. The van der Waals surface area contributed by atoms with E-state index in [9.17, 15) is 10.1 Å². The second-order valence-corrected chi connectivity index (χ2v) is 5.32. The van der Waals surface area contributed by atoms with Gasteiger partial charge in [0.1, 0.15) is 0 Å². The first-order valence-corrected chi connectivity index (χ1v) is 7.06. The lowest BCUT2D eigenvalue weighted by molar-refractivity contribution is -0.385. The summed E-state index contributed by atoms with van der Waals surface area (Å²) in [5.41, 5.74) is 1.02. The van der Waals surface area contributed by atoms with E-state index in [2.05, 4.69) is 20.8 Å². The quantitative estimate of drug-likeness (QED) is 0.452. The van der Waals surface area contributed by atoms with Crippen molar-refractivity contribution in [3.63, 3.8) is 0 Å². The smallest absolute Gasteiger partial charge is 0.283 e. The number of nitro benzene ring substituents is 1. The number of nitrogens with zero attached hydrogens (tertiary/aromatic N) is 2. The van der Waals surface area contributed by atoms with Crippen molar-refractivity contribution in [2.75, 3.05) is 20.2 Å². The molecule has 0 heterocycles. The topological polar surface area (TPSA) is 66.6 Å². The van der Waals surface area contributed by atoms with Gasteiger partial charge in [-0.3, -0.25) is 10.1 Å². The van der Waals surface area contributed by atoms with E-state index in [-0.39, 0.29) is 17.2 Å². The molecule has 0 amide bonds. The number of benzene rings is 1. The van der Waals surface area contributed by atoms with E-state index in [1.54, 1.807) is 6.07 Å². The fourth-order valence-electron chi connectivity index (χ4n) is 1.87. The van der Waals surface area contributed by atoms with Gasteiger partial charge in [0.05, 0.1) is 9.40 Å². The molecule has 0 spiro atoms. The highest BCUT2D eigenvalue weighted by Gasteiger charge is 2.15. The molecule has 0 saturated heterocycles. The van der Waals surface area contributed by atoms with Crippen LogP contribution in [-0.4, -0.2) is 35.1 Å². The molecule has 0 aromatic heterocycles. The van der Waals surface area contributed by atoms with Gasteiger partial charge >= 0.3 is 0 Å². The van der Waals surface area contributed by atoms with Crippen LogP contribution in [-0.2, 0) is 6.54 Å². The lowest BCUT2D eigenvalue weighted by Gasteiger charge is -2.17. The number of hydrogen-bond donors (Lipinski definition) is 1. The van der Waals surface area contributed by atoms with Crippen LogP contribution in [0.1, 0.15) is 24.8 Å². The van der Waals surface area contributed by atoms with Gasteiger partial charge in [-0.15, -0.1) is 0 Å². The van der Waals surface area contributed by atoms with Crippen LogP contribution < -0.4 is 0 Å². The Labute approximate surface area is 121 Å². The number of unbranched alkanes of at least 4 members (excludes halogenated alkanes) is 2. The normalized spacial score (nSPS) is 10.9. The second kappa shape index (κ2) is 8.24. The Hall–Kier alpha value is -0.980. The van der Waals surface area contributed by atoms with Gasteiger partial charge in [0.25, 0.3) is 5.69 Å². The first-order valence-electron chi connectivity index (χ1n) is 6.27. The molecule has 0 aliphatic carbocycles. The summed E-state index contributed by atoms with van der Waals surface area (Å²) in [5.74, 6) is 0. The van der Waals surface area contributed by atoms with E-state index in [1.165, 1.54) is 6.07 Å². The molecule has 1 rings (SSSR count). The maximum absolute atomic E-state index is 10.8. The van der Waals surface area contributed by atoms with E-state index < -0.39 is 0 Å². The molecule has 1 N–H and O–H groups in total. The molecule has 106 valence electrons. The predicted molar refractivity (Wildman–Crippen MR) is 78.1 cm³/mol. The molecule has 0 fully saturated rings. The van der Waals surface area contributed by atoms with E-state index in [0.717, 1.165) is 31.4 Å². The highest BCUT2D eigenvalue weighted by Crippen LogP contribution is 2.28. The Morgan fingerprint density at radius 2 is 2.11 bits per heavy atom. The SMILES string of the molecule is CN(CCCCCO)Cc1cccc([N+](=O)[O-])c1Br. The average Bonchev–Trinajstić information content (AvgIpc) is 2.37. The molecule has 5 nitrogen and oxygen atoms in total. The molecule has 0 unspecified atom stereocenters. The van der Waals surface area contributed by atoms with Gasteiger partial charge in [-0.05, 0) is 54.3 Å². The summed E-state index contributed by atoms with van der Waals surface area (Å²) >= 11 is 3.30. The summed E-state index contributed by atoms with van der Waals surface area (Å²) in [5, 5.41) is 19.5. The van der Waals surface area contributed by atoms with E-state index in [4.69, 9.17) is 5.11 Å². The van der Waals surface area contributed by atoms with Crippen molar-refractivity contribution in [3.05, 3.63) is 38.3 Å². The van der Waals surface area contributed by atoms with Gasteiger partial charge < -0.3 is 10.0 Å². The number of rotatable bonds is 8. The molecular weight excluding hydrogens is 312 g/mol. The second-order valence-electron chi connectivity index (χ2n) is 4.53. The molecule has 0 radical (unpaired) electrons. The molecule has 0 aliphatic rings. The van der Waals surface area contributed by atoms with Crippen LogP contribution in [0.4, 0.5) is 5.69 Å². The first-order chi connectivity index (χ1) is 9.06. The van der Waals surface area contributed by atoms with Crippen LogP contribution >= 0.6 is 15.9 Å². The zero-order chi connectivity index (χ0) is 14.3. The van der Waals surface area contributed by atoms with Crippen molar-refractivity contribution in [2.45, 2.75) is 25.8 Å². The van der Waals surface area contributed by atoms with E-state index in [1.807, 2.05) is 13.1 Å². The first kappa shape index (κ1) is 16.1. The third kappa shape index (κ3) is 5.26. The number of hydrogen-bond acceptors (Lipinski definition) is 4. The van der Waals surface area contributed by atoms with Crippen LogP contribution in [0.25, 0.3) is 0 Å². The third-order valence-corrected chi connectivity index (χ3v) is 3.81. The largest absolute Gasteiger partial charge is 0.396 e. The third-order valence-electron chi connectivity index (χ3n) is 2.89. The number of halogens is 1. The van der Waals surface area contributed by atoms with E-state index in [0.29, 0.717) is 11.0 Å². The Balaban J connectivity index is 2.57. The molecule has 0 aliphatic heterocycles. The van der Waals surface area contributed by atoms with Gasteiger partial charge in [-0.2, -0.15) is 0 Å². The summed E-state index contributed by atoms with van der Waals surface area (Å²) in [6.07, 6.45) is 2.84. The van der Waals surface area contributed by atoms with Gasteiger partial charge in [-0.25, -0.2) is 0 Å². The Morgan fingerprint density at radius 3 is 2.74 bits per heavy atom. The lowest BCUT2D eigenvalue weighted by atomic mass is 10.2. The highest BCUT2D eigenvalue weighted by atomic mass is 79.9. The fourth-order valence-corrected chi connectivity index (χ4v) is 2.40. The van der Waals surface area contributed by atoms with Crippen molar-refractivity contribution < 1.29 is 10.0 Å². The van der Waals surface area contributed by atoms with Crippen molar-refractivity contribution in [1.29, 1.82) is 0 Å². The van der Waals surface area contributed by atoms with Crippen molar-refractivity contribution in [1.82, 2.24) is 4.90 Å². The number of aliphatic hydroxyl groups excluding tert-OH is 1. The summed E-state index contributed by atoms with van der Waals surface area (Å²) in [6.45, 7) is 1.82. The maximum atomic E-state index is 10.8. The molecular formula is C13H19BrN2O3. The van der Waals surface area contributed by atoms with Crippen LogP contribution in [0.5, 0.6) is 0 Å². The lowest BCUT2D eigenvalue weighted by Crippen LogP contribution is -2.19. The Morgan fingerprint density at radius 1 is 1.37 bits per heavy atom. The maximum Gasteiger partial charge on any atom is 0.283 e. The average molecular weight is 331 g/mol. The van der Waals surface area contributed by atoms with E-state index >= 15 is 0 Å². The minimum Gasteiger partial charge on any atom is -0.396 e. The molecule has 1 aromatic carbocycles. The molecule has 0 saturated carbocycles. The standard InChI is InChI=1S/C13H19BrN2O3/c1-15(8-3-2-4-9-17)10-11-6-5-7-12(13(11)14)16(18)19/h5-7,17H,2-4,8-10H2,1H3. The highest BCUT2D eigenvalue weighted by molar-refractivity contribution is 9.10. The van der Waals surface area contributed by atoms with Gasteiger partial charge in [-0.1, -0.05) is 12.1 Å². The summed E-state index contributed by atoms with van der Waals surface area (Å²) < 4.78 is 0.558. The van der Waals surface area contributed by atoms with Crippen LogP contribution in [0.3, 0.4) is 0 Å². The summed E-state index contributed by atoms with van der Waals surface area (Å²) in [6, 6.07) is 5.09. The predicted octanol–water partition coefficient (Wildman–Crippen LogP) is 2.95. The zero-order valence-corrected chi connectivity index (χ0v) is 12.6. The number of nitro groups is 1. The molecule has 0 atom stereocenters. The van der Waals surface area contributed by atoms with Crippen LogP contribution in [0.2, 0.25) is 0 Å². The number of aliphatic hydroxyl groups is 1. The molecule has 19 heavy (non-hydrogen) atoms. The van der Waals surface area contributed by atoms with Gasteiger partial charge in [0.15, 0.2) is 0 Å². The monoisotopic (exact) mass is 330 g/mol. The Bertz CT molecular complexity index is 426. The summed E-state index contributed by atoms with van der Waals surface area (Å²) in [4.78, 5) is 12.6.